The van der Waals surface area contributed by atoms with Crippen molar-refractivity contribution in [3.05, 3.63) is 0 Å². The van der Waals surface area contributed by atoms with Gasteiger partial charge in [-0.05, 0) is 18.8 Å². The average Bonchev–Trinajstić information content (AvgIpc) is 2.36. The van der Waals surface area contributed by atoms with Gasteiger partial charge in [-0.1, -0.05) is 26.2 Å². The number of aliphatic hydroxyl groups is 1. The molecule has 4 atom stereocenters. The van der Waals surface area contributed by atoms with Crippen molar-refractivity contribution in [2.75, 3.05) is 20.3 Å². The van der Waals surface area contributed by atoms with Crippen LogP contribution in [-0.4, -0.2) is 43.7 Å². The van der Waals surface area contributed by atoms with Crippen molar-refractivity contribution in [3.63, 3.8) is 0 Å². The van der Waals surface area contributed by atoms with Crippen LogP contribution in [0, 0.1) is 5.92 Å². The summed E-state index contributed by atoms with van der Waals surface area (Å²) in [4.78, 5) is 0. The zero-order valence-corrected chi connectivity index (χ0v) is 11.1. The van der Waals surface area contributed by atoms with Crippen molar-refractivity contribution in [2.45, 2.75) is 57.3 Å². The molecular formula is C13H27NO3. The molecule has 0 radical (unpaired) electrons. The van der Waals surface area contributed by atoms with Gasteiger partial charge in [-0.25, -0.2) is 0 Å². The fourth-order valence-electron chi connectivity index (χ4n) is 2.56. The molecule has 1 saturated carbocycles. The summed E-state index contributed by atoms with van der Waals surface area (Å²) in [5.74, 6) is 0.770. The lowest BCUT2D eigenvalue weighted by atomic mass is 9.85. The van der Waals surface area contributed by atoms with Crippen LogP contribution in [0.15, 0.2) is 0 Å². The predicted octanol–water partition coefficient (Wildman–Crippen LogP) is 1.31. The molecule has 0 amide bonds. The van der Waals surface area contributed by atoms with Crippen LogP contribution in [-0.2, 0) is 9.47 Å². The highest BCUT2D eigenvalue weighted by Gasteiger charge is 2.26. The van der Waals surface area contributed by atoms with Gasteiger partial charge in [-0.3, -0.25) is 0 Å². The second kappa shape index (κ2) is 8.03. The van der Waals surface area contributed by atoms with Crippen LogP contribution in [0.4, 0.5) is 0 Å². The molecule has 0 aliphatic heterocycles. The smallest absolute Gasteiger partial charge is 0.0982 e. The summed E-state index contributed by atoms with van der Waals surface area (Å²) in [5.41, 5.74) is 5.91. The van der Waals surface area contributed by atoms with E-state index in [1.807, 2.05) is 0 Å². The van der Waals surface area contributed by atoms with Crippen molar-refractivity contribution in [1.29, 1.82) is 0 Å². The Hall–Kier alpha value is -0.160. The van der Waals surface area contributed by atoms with Gasteiger partial charge < -0.3 is 20.3 Å². The van der Waals surface area contributed by atoms with Gasteiger partial charge in [0, 0.05) is 7.11 Å². The molecule has 1 aliphatic carbocycles. The molecule has 17 heavy (non-hydrogen) atoms. The normalized spacial score (nSPS) is 28.9. The maximum atomic E-state index is 9.32. The molecular weight excluding hydrogens is 218 g/mol. The van der Waals surface area contributed by atoms with Crippen LogP contribution in [0.1, 0.15) is 39.0 Å². The summed E-state index contributed by atoms with van der Waals surface area (Å²) in [6, 6.07) is -0.244. The maximum absolute atomic E-state index is 9.32. The topological polar surface area (TPSA) is 64.7 Å². The van der Waals surface area contributed by atoms with Crippen LogP contribution < -0.4 is 5.73 Å². The van der Waals surface area contributed by atoms with Crippen LogP contribution in [0.2, 0.25) is 0 Å². The van der Waals surface area contributed by atoms with E-state index in [1.54, 1.807) is 7.11 Å². The summed E-state index contributed by atoms with van der Waals surface area (Å²) in [5, 5.41) is 9.32. The molecule has 1 fully saturated rings. The highest BCUT2D eigenvalue weighted by Crippen LogP contribution is 2.29. The van der Waals surface area contributed by atoms with E-state index in [0.29, 0.717) is 6.61 Å². The Labute approximate surface area is 104 Å². The molecule has 0 aromatic heterocycles. The van der Waals surface area contributed by atoms with E-state index in [-0.39, 0.29) is 24.9 Å². The van der Waals surface area contributed by atoms with Gasteiger partial charge in [0.1, 0.15) is 0 Å². The van der Waals surface area contributed by atoms with Crippen LogP contribution >= 0.6 is 0 Å². The van der Waals surface area contributed by atoms with Crippen molar-refractivity contribution >= 4 is 0 Å². The number of aliphatic hydroxyl groups excluding tert-OH is 1. The molecule has 1 rings (SSSR count). The lowest BCUT2D eigenvalue weighted by Gasteiger charge is -2.33. The van der Waals surface area contributed by atoms with E-state index >= 15 is 0 Å². The molecule has 1 aliphatic rings. The van der Waals surface area contributed by atoms with Crippen molar-refractivity contribution in [2.24, 2.45) is 11.7 Å². The first kappa shape index (κ1) is 14.9. The van der Waals surface area contributed by atoms with Gasteiger partial charge in [-0.2, -0.15) is 0 Å². The molecule has 0 saturated heterocycles. The fraction of sp³-hybridized carbons (Fsp3) is 1.00. The van der Waals surface area contributed by atoms with E-state index in [4.69, 9.17) is 15.2 Å². The van der Waals surface area contributed by atoms with Crippen LogP contribution in [0.25, 0.3) is 0 Å². The zero-order valence-electron chi connectivity index (χ0n) is 11.1. The first-order valence-corrected chi connectivity index (χ1v) is 6.72. The summed E-state index contributed by atoms with van der Waals surface area (Å²) < 4.78 is 10.9. The Morgan fingerprint density at radius 2 is 2.18 bits per heavy atom. The molecule has 4 heteroatoms. The van der Waals surface area contributed by atoms with Gasteiger partial charge in [0.15, 0.2) is 0 Å². The second-order valence-electron chi connectivity index (χ2n) is 5.04. The lowest BCUT2D eigenvalue weighted by Crippen LogP contribution is -2.45. The first-order chi connectivity index (χ1) is 8.21. The summed E-state index contributed by atoms with van der Waals surface area (Å²) in [7, 11) is 1.61. The number of hydrogen-bond acceptors (Lipinski definition) is 4. The quantitative estimate of drug-likeness (QED) is 0.710. The minimum atomic E-state index is -0.296. The molecule has 4 unspecified atom stereocenters. The molecule has 0 bridgehead atoms. The molecule has 3 N–H and O–H groups in total. The van der Waals surface area contributed by atoms with Gasteiger partial charge >= 0.3 is 0 Å². The average molecular weight is 245 g/mol. The van der Waals surface area contributed by atoms with Crippen LogP contribution in [0.3, 0.4) is 0 Å². The Morgan fingerprint density at radius 1 is 1.41 bits per heavy atom. The van der Waals surface area contributed by atoms with Gasteiger partial charge in [0.05, 0.1) is 31.5 Å². The molecule has 4 nitrogen and oxygen atoms in total. The largest absolute Gasteiger partial charge is 0.394 e. The molecule has 0 spiro atoms. The van der Waals surface area contributed by atoms with E-state index in [2.05, 4.69) is 6.92 Å². The number of nitrogens with two attached hydrogens (primary N) is 1. The summed E-state index contributed by atoms with van der Waals surface area (Å²) in [6.45, 7) is 2.63. The van der Waals surface area contributed by atoms with Gasteiger partial charge in [0.25, 0.3) is 0 Å². The second-order valence-corrected chi connectivity index (χ2v) is 5.04. The van der Waals surface area contributed by atoms with E-state index < -0.39 is 0 Å². The predicted molar refractivity (Wildman–Crippen MR) is 67.8 cm³/mol. The Bertz CT molecular complexity index is 201. The highest BCUT2D eigenvalue weighted by molar-refractivity contribution is 4.78. The molecule has 0 heterocycles. The third-order valence-electron chi connectivity index (χ3n) is 3.70. The van der Waals surface area contributed by atoms with Gasteiger partial charge in [-0.15, -0.1) is 0 Å². The number of ether oxygens (including phenoxy) is 2. The monoisotopic (exact) mass is 245 g/mol. The number of hydrogen-bond donors (Lipinski definition) is 2. The standard InChI is InChI=1S/C13H27NO3/c1-3-10-5-4-6-11(7-10)17-13(8-15)12(14)9-16-2/h10-13,15H,3-9,14H2,1-2H3. The number of methoxy groups -OCH3 is 1. The zero-order chi connectivity index (χ0) is 12.7. The third kappa shape index (κ3) is 4.92. The Morgan fingerprint density at radius 3 is 2.76 bits per heavy atom. The van der Waals surface area contributed by atoms with Crippen molar-refractivity contribution in [3.8, 4) is 0 Å². The SMILES string of the molecule is CCC1CCCC(OC(CO)C(N)COC)C1. The van der Waals surface area contributed by atoms with E-state index in [9.17, 15) is 5.11 Å². The maximum Gasteiger partial charge on any atom is 0.0982 e. The molecule has 102 valence electrons. The minimum Gasteiger partial charge on any atom is -0.394 e. The van der Waals surface area contributed by atoms with E-state index in [1.165, 1.54) is 19.3 Å². The van der Waals surface area contributed by atoms with Crippen molar-refractivity contribution in [1.82, 2.24) is 0 Å². The molecule has 0 aromatic carbocycles. The first-order valence-electron chi connectivity index (χ1n) is 6.72. The van der Waals surface area contributed by atoms with Gasteiger partial charge in [0.2, 0.25) is 0 Å². The summed E-state index contributed by atoms with van der Waals surface area (Å²) in [6.07, 6.45) is 5.91. The fourth-order valence-corrected chi connectivity index (χ4v) is 2.56. The minimum absolute atomic E-state index is 0.0299. The van der Waals surface area contributed by atoms with E-state index in [0.717, 1.165) is 18.8 Å². The summed E-state index contributed by atoms with van der Waals surface area (Å²) >= 11 is 0. The van der Waals surface area contributed by atoms with Crippen molar-refractivity contribution < 1.29 is 14.6 Å². The van der Waals surface area contributed by atoms with Crippen LogP contribution in [0.5, 0.6) is 0 Å². The Balaban J connectivity index is 2.38. The molecule has 0 aromatic rings. The highest BCUT2D eigenvalue weighted by atomic mass is 16.5. The Kier molecular flexibility index (Phi) is 7.04. The lowest BCUT2D eigenvalue weighted by molar-refractivity contribution is -0.0795. The third-order valence-corrected chi connectivity index (χ3v) is 3.70. The number of rotatable bonds is 7.